The zero-order valence-corrected chi connectivity index (χ0v) is 11.6. The van der Waals surface area contributed by atoms with Crippen LogP contribution >= 0.6 is 0 Å². The SMILES string of the molecule is CCOC(=O)CCC(=O)Nc1ccc(F)cc1OCC. The normalized spacial score (nSPS) is 9.95. The van der Waals surface area contributed by atoms with Gasteiger partial charge < -0.3 is 14.8 Å². The van der Waals surface area contributed by atoms with Crippen LogP contribution in [0.25, 0.3) is 0 Å². The minimum Gasteiger partial charge on any atom is -0.492 e. The number of hydrogen-bond acceptors (Lipinski definition) is 4. The van der Waals surface area contributed by atoms with E-state index in [4.69, 9.17) is 9.47 Å². The highest BCUT2D eigenvalue weighted by molar-refractivity contribution is 5.93. The molecule has 0 aliphatic heterocycles. The minimum absolute atomic E-state index is 0.00176. The smallest absolute Gasteiger partial charge is 0.306 e. The van der Waals surface area contributed by atoms with E-state index in [0.29, 0.717) is 12.3 Å². The number of ether oxygens (including phenoxy) is 2. The van der Waals surface area contributed by atoms with Gasteiger partial charge in [-0.15, -0.1) is 0 Å². The second-order valence-corrected chi connectivity index (χ2v) is 3.93. The number of anilines is 1. The number of halogens is 1. The first kappa shape index (κ1) is 15.9. The predicted molar refractivity (Wildman–Crippen MR) is 72.1 cm³/mol. The molecule has 0 fully saturated rings. The van der Waals surface area contributed by atoms with Crippen molar-refractivity contribution in [1.29, 1.82) is 0 Å². The zero-order chi connectivity index (χ0) is 15.0. The maximum atomic E-state index is 13.1. The van der Waals surface area contributed by atoms with Gasteiger partial charge in [-0.25, -0.2) is 4.39 Å². The molecule has 20 heavy (non-hydrogen) atoms. The first-order chi connectivity index (χ1) is 9.56. The van der Waals surface area contributed by atoms with Crippen LogP contribution in [0, 0.1) is 5.82 Å². The molecule has 0 bridgehead atoms. The van der Waals surface area contributed by atoms with E-state index < -0.39 is 11.8 Å². The van der Waals surface area contributed by atoms with Crippen molar-refractivity contribution < 1.29 is 23.5 Å². The number of hydrogen-bond donors (Lipinski definition) is 1. The van der Waals surface area contributed by atoms with Gasteiger partial charge in [0, 0.05) is 12.5 Å². The molecule has 6 heteroatoms. The summed E-state index contributed by atoms with van der Waals surface area (Å²) in [7, 11) is 0. The molecule has 1 aromatic rings. The highest BCUT2D eigenvalue weighted by atomic mass is 19.1. The lowest BCUT2D eigenvalue weighted by Crippen LogP contribution is -2.15. The summed E-state index contributed by atoms with van der Waals surface area (Å²) in [5.41, 5.74) is 0.377. The molecule has 0 spiro atoms. The van der Waals surface area contributed by atoms with E-state index in [1.165, 1.54) is 18.2 Å². The number of amides is 1. The van der Waals surface area contributed by atoms with Crippen molar-refractivity contribution >= 4 is 17.6 Å². The third kappa shape index (κ3) is 5.26. The average molecular weight is 283 g/mol. The molecule has 0 saturated carbocycles. The Morgan fingerprint density at radius 2 is 1.95 bits per heavy atom. The van der Waals surface area contributed by atoms with E-state index in [9.17, 15) is 14.0 Å². The maximum absolute atomic E-state index is 13.1. The highest BCUT2D eigenvalue weighted by Crippen LogP contribution is 2.25. The fourth-order valence-corrected chi connectivity index (χ4v) is 1.54. The Kier molecular flexibility index (Phi) is 6.49. The second kappa shape index (κ2) is 8.14. The van der Waals surface area contributed by atoms with E-state index in [2.05, 4.69) is 5.32 Å². The van der Waals surface area contributed by atoms with Crippen molar-refractivity contribution in [3.63, 3.8) is 0 Å². The van der Waals surface area contributed by atoms with Crippen molar-refractivity contribution in [3.05, 3.63) is 24.0 Å². The molecule has 0 radical (unpaired) electrons. The Balaban J connectivity index is 2.59. The molecular weight excluding hydrogens is 265 g/mol. The largest absolute Gasteiger partial charge is 0.492 e. The summed E-state index contributed by atoms with van der Waals surface area (Å²) >= 11 is 0. The summed E-state index contributed by atoms with van der Waals surface area (Å²) in [6.45, 7) is 4.10. The lowest BCUT2D eigenvalue weighted by molar-refractivity contribution is -0.144. The second-order valence-electron chi connectivity index (χ2n) is 3.93. The van der Waals surface area contributed by atoms with Crippen molar-refractivity contribution in [1.82, 2.24) is 0 Å². The molecule has 1 aromatic carbocycles. The lowest BCUT2D eigenvalue weighted by Gasteiger charge is -2.11. The molecule has 1 N–H and O–H groups in total. The van der Waals surface area contributed by atoms with Gasteiger partial charge in [0.25, 0.3) is 0 Å². The molecule has 0 aromatic heterocycles. The predicted octanol–water partition coefficient (Wildman–Crippen LogP) is 2.51. The summed E-state index contributed by atoms with van der Waals surface area (Å²) < 4.78 is 23.1. The fourth-order valence-electron chi connectivity index (χ4n) is 1.54. The third-order valence-corrected chi connectivity index (χ3v) is 2.38. The van der Waals surface area contributed by atoms with Crippen molar-refractivity contribution in [3.8, 4) is 5.75 Å². The van der Waals surface area contributed by atoms with E-state index >= 15 is 0 Å². The number of benzene rings is 1. The standard InChI is InChI=1S/C14H18FNO4/c1-3-19-12-9-10(15)5-6-11(12)16-13(17)7-8-14(18)20-4-2/h5-6,9H,3-4,7-8H2,1-2H3,(H,16,17). The lowest BCUT2D eigenvalue weighted by atomic mass is 10.2. The van der Waals surface area contributed by atoms with Crippen molar-refractivity contribution in [2.45, 2.75) is 26.7 Å². The zero-order valence-electron chi connectivity index (χ0n) is 11.6. The van der Waals surface area contributed by atoms with Gasteiger partial charge in [0.05, 0.1) is 25.3 Å². The van der Waals surface area contributed by atoms with Crippen LogP contribution < -0.4 is 10.1 Å². The summed E-state index contributed by atoms with van der Waals surface area (Å²) in [6.07, 6.45) is 0.00656. The molecule has 0 aliphatic rings. The molecule has 1 amide bonds. The highest BCUT2D eigenvalue weighted by Gasteiger charge is 2.11. The van der Waals surface area contributed by atoms with Crippen LogP contribution in [0.4, 0.5) is 10.1 Å². The maximum Gasteiger partial charge on any atom is 0.306 e. The van der Waals surface area contributed by atoms with Crippen LogP contribution in [0.2, 0.25) is 0 Å². The van der Waals surface area contributed by atoms with Gasteiger partial charge in [0.15, 0.2) is 0 Å². The van der Waals surface area contributed by atoms with Crippen LogP contribution in [0.1, 0.15) is 26.7 Å². The quantitative estimate of drug-likeness (QED) is 0.781. The molecule has 0 heterocycles. The number of carbonyl (C=O) groups is 2. The summed E-state index contributed by atoms with van der Waals surface area (Å²) in [5.74, 6) is -0.965. The molecule has 0 aliphatic carbocycles. The van der Waals surface area contributed by atoms with Gasteiger partial charge >= 0.3 is 5.97 Å². The number of esters is 1. The van der Waals surface area contributed by atoms with Crippen LogP contribution in [-0.2, 0) is 14.3 Å². The molecule has 5 nitrogen and oxygen atoms in total. The number of nitrogens with one attached hydrogen (secondary N) is 1. The third-order valence-electron chi connectivity index (χ3n) is 2.38. The topological polar surface area (TPSA) is 64.6 Å². The molecule has 0 unspecified atom stereocenters. The Morgan fingerprint density at radius 1 is 1.20 bits per heavy atom. The number of rotatable bonds is 7. The van der Waals surface area contributed by atoms with Crippen LogP contribution in [0.3, 0.4) is 0 Å². The van der Waals surface area contributed by atoms with Gasteiger partial charge in [-0.2, -0.15) is 0 Å². The summed E-state index contributed by atoms with van der Waals surface area (Å²) in [4.78, 5) is 22.8. The molecular formula is C14H18FNO4. The van der Waals surface area contributed by atoms with Crippen LogP contribution in [0.15, 0.2) is 18.2 Å². The van der Waals surface area contributed by atoms with E-state index in [1.807, 2.05) is 0 Å². The summed E-state index contributed by atoms with van der Waals surface area (Å²) in [5, 5.41) is 2.58. The van der Waals surface area contributed by atoms with Gasteiger partial charge in [-0.05, 0) is 26.0 Å². The minimum atomic E-state index is -0.446. The van der Waals surface area contributed by atoms with Crippen LogP contribution in [-0.4, -0.2) is 25.1 Å². The Labute approximate surface area is 117 Å². The van der Waals surface area contributed by atoms with Crippen LogP contribution in [0.5, 0.6) is 5.75 Å². The average Bonchev–Trinajstić information content (AvgIpc) is 2.40. The van der Waals surface area contributed by atoms with E-state index in [0.717, 1.165) is 0 Å². The monoisotopic (exact) mass is 283 g/mol. The molecule has 110 valence electrons. The fraction of sp³-hybridized carbons (Fsp3) is 0.429. The number of carbonyl (C=O) groups excluding carboxylic acids is 2. The first-order valence-corrected chi connectivity index (χ1v) is 6.44. The molecule has 1 rings (SSSR count). The van der Waals surface area contributed by atoms with Gasteiger partial charge in [0.1, 0.15) is 11.6 Å². The van der Waals surface area contributed by atoms with Crippen molar-refractivity contribution in [2.75, 3.05) is 18.5 Å². The van der Waals surface area contributed by atoms with Gasteiger partial charge in [0.2, 0.25) is 5.91 Å². The van der Waals surface area contributed by atoms with E-state index in [1.54, 1.807) is 13.8 Å². The van der Waals surface area contributed by atoms with Gasteiger partial charge in [-0.3, -0.25) is 9.59 Å². The Bertz CT molecular complexity index is 476. The summed E-state index contributed by atoms with van der Waals surface area (Å²) in [6, 6.07) is 3.84. The Morgan fingerprint density at radius 3 is 2.60 bits per heavy atom. The molecule has 0 saturated heterocycles. The van der Waals surface area contributed by atoms with Gasteiger partial charge in [-0.1, -0.05) is 0 Å². The van der Waals surface area contributed by atoms with Crippen molar-refractivity contribution in [2.24, 2.45) is 0 Å². The Hall–Kier alpha value is -2.11. The van der Waals surface area contributed by atoms with E-state index in [-0.39, 0.29) is 31.1 Å². The first-order valence-electron chi connectivity index (χ1n) is 6.44. The molecule has 0 atom stereocenters.